The molecule has 7 amide bonds. The molecule has 0 bridgehead atoms. The summed E-state index contributed by atoms with van der Waals surface area (Å²) in [5, 5.41) is 31.6. The van der Waals surface area contributed by atoms with Gasteiger partial charge in [-0.05, 0) is 42.9 Å². The van der Waals surface area contributed by atoms with E-state index in [0.717, 1.165) is 0 Å². The zero-order valence-corrected chi connectivity index (χ0v) is 31.4. The maximum absolute atomic E-state index is 13.6. The number of aliphatic carboxylic acids is 1. The third-order valence-electron chi connectivity index (χ3n) is 8.96. The highest BCUT2D eigenvalue weighted by atomic mass is 32.2. The number of carbonyl (C=O) groups is 8. The maximum atomic E-state index is 13.6. The first-order valence-electron chi connectivity index (χ1n) is 17.3. The Labute approximate surface area is 312 Å². The quantitative estimate of drug-likeness (QED) is 0.0718. The molecule has 0 radical (unpaired) electrons. The van der Waals surface area contributed by atoms with Gasteiger partial charge in [-0.3, -0.25) is 38.4 Å². The maximum Gasteiger partial charge on any atom is 0.305 e. The molecule has 1 aliphatic heterocycles. The van der Waals surface area contributed by atoms with Crippen molar-refractivity contribution in [2.24, 2.45) is 23.3 Å². The van der Waals surface area contributed by atoms with Crippen molar-refractivity contribution in [1.82, 2.24) is 31.5 Å². The van der Waals surface area contributed by atoms with Crippen LogP contribution in [0.2, 0.25) is 0 Å². The first kappa shape index (κ1) is 44.3. The van der Waals surface area contributed by atoms with Gasteiger partial charge < -0.3 is 53.2 Å². The number of rotatable bonds is 20. The van der Waals surface area contributed by atoms with Gasteiger partial charge >= 0.3 is 5.97 Å². The lowest BCUT2D eigenvalue weighted by Crippen LogP contribution is -2.61. The predicted octanol–water partition coefficient (Wildman–Crippen LogP) is -1.71. The minimum atomic E-state index is -1.65. The second kappa shape index (κ2) is 21.0. The van der Waals surface area contributed by atoms with Gasteiger partial charge in [0, 0.05) is 5.75 Å². The Morgan fingerprint density at radius 1 is 0.849 bits per heavy atom. The van der Waals surface area contributed by atoms with Crippen molar-refractivity contribution in [2.45, 2.75) is 96.6 Å². The molecule has 18 nitrogen and oxygen atoms in total. The van der Waals surface area contributed by atoms with Crippen LogP contribution in [-0.4, -0.2) is 117 Å². The Balaban J connectivity index is 2.16. The SMILES string of the molecule is CC[C@H](C)[C@H](NC(=O)[C@H](CC(=O)O)NC(=O)[C@H]1CSCN1C(=O)[C@@H](C)NC(=O)[C@@H](N)Cc1ccc(O)cc1)C(=O)N[C@H](C(=O)NCC(N)=O)[C@@H](C)CC. The molecule has 11 N–H and O–H groups in total. The van der Waals surface area contributed by atoms with E-state index in [0.29, 0.717) is 18.4 Å². The highest BCUT2D eigenvalue weighted by Crippen LogP contribution is 2.22. The zero-order valence-electron chi connectivity index (χ0n) is 30.5. The van der Waals surface area contributed by atoms with Crippen LogP contribution < -0.4 is 38.1 Å². The number of carboxylic acid groups (broad SMARTS) is 1. The Morgan fingerprint density at radius 2 is 1.42 bits per heavy atom. The second-order valence-corrected chi connectivity index (χ2v) is 14.1. The van der Waals surface area contributed by atoms with Gasteiger partial charge in [0.25, 0.3) is 0 Å². The summed E-state index contributed by atoms with van der Waals surface area (Å²) in [5.41, 5.74) is 11.9. The van der Waals surface area contributed by atoms with Crippen molar-refractivity contribution in [3.05, 3.63) is 29.8 Å². The van der Waals surface area contributed by atoms with Crippen LogP contribution >= 0.6 is 11.8 Å². The Hall–Kier alpha value is -4.91. The van der Waals surface area contributed by atoms with E-state index in [-0.39, 0.29) is 29.7 Å². The van der Waals surface area contributed by atoms with E-state index in [2.05, 4.69) is 26.6 Å². The highest BCUT2D eigenvalue weighted by molar-refractivity contribution is 7.99. The molecular weight excluding hydrogens is 712 g/mol. The summed E-state index contributed by atoms with van der Waals surface area (Å²) in [6.45, 7) is 7.91. The number of primary amides is 1. The molecule has 1 saturated heterocycles. The summed E-state index contributed by atoms with van der Waals surface area (Å²) in [6, 6.07) is -1.08. The summed E-state index contributed by atoms with van der Waals surface area (Å²) in [6.07, 6.45) is 0.148. The number of carboxylic acids is 1. The minimum Gasteiger partial charge on any atom is -0.508 e. The number of hydrogen-bond acceptors (Lipinski definition) is 11. The second-order valence-electron chi connectivity index (χ2n) is 13.1. The number of aromatic hydroxyl groups is 1. The number of phenols is 1. The molecule has 1 fully saturated rings. The molecular formula is C34H52N8O10S. The van der Waals surface area contributed by atoms with Crippen LogP contribution in [0, 0.1) is 11.8 Å². The zero-order chi connectivity index (χ0) is 40.0. The first-order valence-corrected chi connectivity index (χ1v) is 18.5. The third-order valence-corrected chi connectivity index (χ3v) is 9.97. The normalized spacial score (nSPS) is 17.8. The van der Waals surface area contributed by atoms with E-state index in [4.69, 9.17) is 11.5 Å². The monoisotopic (exact) mass is 764 g/mol. The molecule has 8 atom stereocenters. The number of nitrogens with two attached hydrogens (primary N) is 2. The van der Waals surface area contributed by atoms with Crippen LogP contribution in [0.1, 0.15) is 59.4 Å². The van der Waals surface area contributed by atoms with E-state index >= 15 is 0 Å². The molecule has 0 spiro atoms. The van der Waals surface area contributed by atoms with Gasteiger partial charge in [-0.25, -0.2) is 0 Å². The van der Waals surface area contributed by atoms with Gasteiger partial charge in [-0.2, -0.15) is 0 Å². The van der Waals surface area contributed by atoms with Crippen molar-refractivity contribution in [3.63, 3.8) is 0 Å². The van der Waals surface area contributed by atoms with Crippen LogP contribution in [0.5, 0.6) is 5.75 Å². The van der Waals surface area contributed by atoms with Crippen LogP contribution in [0.3, 0.4) is 0 Å². The average molecular weight is 765 g/mol. The summed E-state index contributed by atoms with van der Waals surface area (Å²) in [4.78, 5) is 104. The van der Waals surface area contributed by atoms with E-state index in [1.807, 2.05) is 0 Å². The van der Waals surface area contributed by atoms with Crippen molar-refractivity contribution < 1.29 is 48.6 Å². The van der Waals surface area contributed by atoms with Crippen LogP contribution in [-0.2, 0) is 44.8 Å². The number of hydrogen-bond donors (Lipinski definition) is 9. The molecule has 53 heavy (non-hydrogen) atoms. The lowest BCUT2D eigenvalue weighted by atomic mass is 9.94. The molecule has 1 aliphatic rings. The molecule has 1 heterocycles. The van der Waals surface area contributed by atoms with Crippen LogP contribution in [0.15, 0.2) is 24.3 Å². The van der Waals surface area contributed by atoms with Crippen molar-refractivity contribution in [2.75, 3.05) is 18.2 Å². The van der Waals surface area contributed by atoms with Gasteiger partial charge in [0.2, 0.25) is 41.4 Å². The standard InChI is InChI=1S/C34H52N8O10S/c1-6-17(3)27(32(50)37-14-25(36)44)41-33(51)28(18(4)7-2)40-30(48)23(13-26(45)46)39-31(49)24-15-53-16-42(24)34(52)19(5)38-29(47)22(35)12-20-8-10-21(43)11-9-20/h8-11,17-19,22-24,27-28,43H,6-7,12-16,35H2,1-5H3,(H2,36,44)(H,37,50)(H,38,47)(H,39,49)(H,40,48)(H,41,51)(H,45,46)/t17-,18-,19+,22-,23-,24+,27-,28-/m0/s1. The van der Waals surface area contributed by atoms with Gasteiger partial charge in [0.15, 0.2) is 0 Å². The molecule has 0 saturated carbocycles. The molecule has 2 rings (SSSR count). The summed E-state index contributed by atoms with van der Waals surface area (Å²) in [5.74, 6) is -7.26. The molecule has 1 aromatic rings. The molecule has 0 aliphatic carbocycles. The molecule has 19 heteroatoms. The lowest BCUT2D eigenvalue weighted by Gasteiger charge is -2.30. The molecule has 294 valence electrons. The topological polar surface area (TPSA) is 292 Å². The Kier molecular flexibility index (Phi) is 17.5. The average Bonchev–Trinajstić information content (AvgIpc) is 3.61. The van der Waals surface area contributed by atoms with E-state index in [9.17, 15) is 48.6 Å². The fourth-order valence-electron chi connectivity index (χ4n) is 5.32. The number of nitrogens with one attached hydrogen (secondary N) is 5. The number of nitrogens with zero attached hydrogens (tertiary/aromatic N) is 1. The number of benzene rings is 1. The smallest absolute Gasteiger partial charge is 0.305 e. The van der Waals surface area contributed by atoms with Gasteiger partial charge in [-0.1, -0.05) is 52.7 Å². The van der Waals surface area contributed by atoms with Gasteiger partial charge in [0.05, 0.1) is 24.9 Å². The number of carbonyl (C=O) groups excluding carboxylic acids is 7. The summed E-state index contributed by atoms with van der Waals surface area (Å²) < 4.78 is 0. The fourth-order valence-corrected chi connectivity index (χ4v) is 6.49. The molecule has 0 aromatic heterocycles. The largest absolute Gasteiger partial charge is 0.508 e. The molecule has 1 aromatic carbocycles. The lowest BCUT2D eigenvalue weighted by molar-refractivity contribution is -0.143. The van der Waals surface area contributed by atoms with E-state index in [1.165, 1.54) is 35.7 Å². The van der Waals surface area contributed by atoms with Crippen molar-refractivity contribution in [3.8, 4) is 5.75 Å². The van der Waals surface area contributed by atoms with E-state index in [1.54, 1.807) is 39.8 Å². The predicted molar refractivity (Wildman–Crippen MR) is 195 cm³/mol. The summed E-state index contributed by atoms with van der Waals surface area (Å²) >= 11 is 1.24. The van der Waals surface area contributed by atoms with Crippen molar-refractivity contribution >= 4 is 59.1 Å². The Bertz CT molecular complexity index is 1500. The van der Waals surface area contributed by atoms with Crippen LogP contribution in [0.4, 0.5) is 0 Å². The first-order chi connectivity index (χ1) is 24.9. The Morgan fingerprint density at radius 3 is 1.96 bits per heavy atom. The van der Waals surface area contributed by atoms with Crippen molar-refractivity contribution in [1.29, 1.82) is 0 Å². The fraction of sp³-hybridized carbons (Fsp3) is 0.588. The minimum absolute atomic E-state index is 0.0547. The van der Waals surface area contributed by atoms with Crippen LogP contribution in [0.25, 0.3) is 0 Å². The number of amides is 7. The number of phenolic OH excluding ortho intramolecular Hbond substituents is 1. The van der Waals surface area contributed by atoms with Gasteiger partial charge in [0.1, 0.15) is 36.0 Å². The third kappa shape index (κ3) is 13.5. The van der Waals surface area contributed by atoms with Gasteiger partial charge in [-0.15, -0.1) is 11.8 Å². The number of thioether (sulfide) groups is 1. The van der Waals surface area contributed by atoms with E-state index < -0.39 is 102 Å². The summed E-state index contributed by atoms with van der Waals surface area (Å²) in [7, 11) is 0. The molecule has 0 unspecified atom stereocenters. The highest BCUT2D eigenvalue weighted by Gasteiger charge is 2.40.